The van der Waals surface area contributed by atoms with Gasteiger partial charge in [-0.3, -0.25) is 0 Å². The fourth-order valence-corrected chi connectivity index (χ4v) is 3.12. The molecule has 0 radical (unpaired) electrons. The Morgan fingerprint density at radius 3 is 2.79 bits per heavy atom. The van der Waals surface area contributed by atoms with Gasteiger partial charge < -0.3 is 5.73 Å². The number of thiazole rings is 1. The molecule has 1 heterocycles. The number of hydrogen-bond acceptors (Lipinski definition) is 3. The third-order valence-corrected chi connectivity index (χ3v) is 4.39. The summed E-state index contributed by atoms with van der Waals surface area (Å²) in [5, 5.41) is -0.806. The van der Waals surface area contributed by atoms with Crippen LogP contribution >= 0.6 is 11.3 Å². The number of fused-ring (bicyclic) bond motifs is 1. The standard InChI is InChI=1S/C13H11F3N2S/c14-13(15,16)12-18-6-11(19-12)8-1-3-9-7(5-8)2-4-10(9)17/h1,3,5-6,10H,2,4,17H2. The van der Waals surface area contributed by atoms with Gasteiger partial charge in [-0.2, -0.15) is 13.2 Å². The van der Waals surface area contributed by atoms with Gasteiger partial charge in [0.1, 0.15) is 0 Å². The molecule has 6 heteroatoms. The highest BCUT2D eigenvalue weighted by Gasteiger charge is 2.34. The second-order valence-electron chi connectivity index (χ2n) is 4.59. The van der Waals surface area contributed by atoms with Gasteiger partial charge in [0.15, 0.2) is 5.01 Å². The zero-order valence-corrected chi connectivity index (χ0v) is 10.7. The van der Waals surface area contributed by atoms with Gasteiger partial charge in [-0.25, -0.2) is 4.98 Å². The summed E-state index contributed by atoms with van der Waals surface area (Å²) in [5.74, 6) is 0. The van der Waals surface area contributed by atoms with E-state index in [2.05, 4.69) is 4.98 Å². The lowest BCUT2D eigenvalue weighted by Gasteiger charge is -2.05. The zero-order valence-electron chi connectivity index (χ0n) is 9.87. The molecule has 1 aliphatic rings. The summed E-state index contributed by atoms with van der Waals surface area (Å²) in [4.78, 5) is 3.98. The van der Waals surface area contributed by atoms with Crippen LogP contribution in [0, 0.1) is 0 Å². The highest BCUT2D eigenvalue weighted by Crippen LogP contribution is 2.38. The van der Waals surface area contributed by atoms with E-state index in [1.807, 2.05) is 18.2 Å². The van der Waals surface area contributed by atoms with E-state index < -0.39 is 11.2 Å². The number of benzene rings is 1. The highest BCUT2D eigenvalue weighted by molar-refractivity contribution is 7.15. The Bertz CT molecular complexity index is 619. The minimum Gasteiger partial charge on any atom is -0.324 e. The van der Waals surface area contributed by atoms with Crippen LogP contribution in [0.15, 0.2) is 24.4 Å². The summed E-state index contributed by atoms with van der Waals surface area (Å²) in [5.41, 5.74) is 8.95. The molecule has 1 aliphatic carbocycles. The number of aryl methyl sites for hydroxylation is 1. The van der Waals surface area contributed by atoms with E-state index in [0.29, 0.717) is 16.2 Å². The summed E-state index contributed by atoms with van der Waals surface area (Å²) in [6, 6.07) is 5.71. The van der Waals surface area contributed by atoms with Gasteiger partial charge in [0, 0.05) is 12.2 Å². The molecule has 19 heavy (non-hydrogen) atoms. The van der Waals surface area contributed by atoms with Crippen LogP contribution in [0.3, 0.4) is 0 Å². The number of halogens is 3. The number of nitrogens with zero attached hydrogens (tertiary/aromatic N) is 1. The van der Waals surface area contributed by atoms with Crippen molar-refractivity contribution in [1.82, 2.24) is 4.98 Å². The van der Waals surface area contributed by atoms with Crippen LogP contribution in [0.2, 0.25) is 0 Å². The zero-order chi connectivity index (χ0) is 13.6. The van der Waals surface area contributed by atoms with Crippen LogP contribution in [0.25, 0.3) is 10.4 Å². The molecule has 0 spiro atoms. The summed E-state index contributed by atoms with van der Waals surface area (Å²) < 4.78 is 37.6. The first kappa shape index (κ1) is 12.6. The Kier molecular flexibility index (Phi) is 2.87. The molecule has 1 atom stereocenters. The second kappa shape index (κ2) is 4.31. The monoisotopic (exact) mass is 284 g/mol. The predicted molar refractivity (Wildman–Crippen MR) is 67.8 cm³/mol. The molecule has 0 bridgehead atoms. The lowest BCUT2D eigenvalue weighted by atomic mass is 10.0. The van der Waals surface area contributed by atoms with Crippen molar-refractivity contribution in [3.63, 3.8) is 0 Å². The highest BCUT2D eigenvalue weighted by atomic mass is 32.1. The van der Waals surface area contributed by atoms with Crippen LogP contribution < -0.4 is 5.73 Å². The van der Waals surface area contributed by atoms with Gasteiger partial charge in [-0.05, 0) is 35.6 Å². The lowest BCUT2D eigenvalue weighted by Crippen LogP contribution is -2.04. The molecular weight excluding hydrogens is 273 g/mol. The van der Waals surface area contributed by atoms with E-state index in [1.54, 1.807) is 0 Å². The molecular formula is C13H11F3N2S. The molecule has 0 aliphatic heterocycles. The average molecular weight is 284 g/mol. The number of nitrogens with two attached hydrogens (primary N) is 1. The molecule has 2 nitrogen and oxygen atoms in total. The third kappa shape index (κ3) is 2.26. The van der Waals surface area contributed by atoms with Crippen molar-refractivity contribution in [2.45, 2.75) is 25.1 Å². The number of alkyl halides is 3. The van der Waals surface area contributed by atoms with E-state index in [1.165, 1.54) is 6.20 Å². The Labute approximate surface area is 112 Å². The van der Waals surface area contributed by atoms with E-state index in [9.17, 15) is 13.2 Å². The van der Waals surface area contributed by atoms with Crippen molar-refractivity contribution < 1.29 is 13.2 Å². The molecule has 1 aromatic heterocycles. The summed E-state index contributed by atoms with van der Waals surface area (Å²) in [6.45, 7) is 0. The molecule has 3 rings (SSSR count). The fraction of sp³-hybridized carbons (Fsp3) is 0.308. The molecule has 0 saturated heterocycles. The Hall–Kier alpha value is -1.40. The van der Waals surface area contributed by atoms with E-state index in [-0.39, 0.29) is 6.04 Å². The predicted octanol–water partition coefficient (Wildman–Crippen LogP) is 3.77. The van der Waals surface area contributed by atoms with Gasteiger partial charge in [0.05, 0.1) is 4.88 Å². The van der Waals surface area contributed by atoms with Gasteiger partial charge >= 0.3 is 6.18 Å². The quantitative estimate of drug-likeness (QED) is 0.865. The maximum atomic E-state index is 12.5. The largest absolute Gasteiger partial charge is 0.443 e. The molecule has 0 amide bonds. The first-order valence-corrected chi connectivity index (χ1v) is 6.68. The summed E-state index contributed by atoms with van der Waals surface area (Å²) in [7, 11) is 0. The van der Waals surface area contributed by atoms with E-state index in [0.717, 1.165) is 29.5 Å². The first-order chi connectivity index (χ1) is 8.95. The molecule has 0 fully saturated rings. The van der Waals surface area contributed by atoms with Crippen molar-refractivity contribution in [2.75, 3.05) is 0 Å². The first-order valence-electron chi connectivity index (χ1n) is 5.87. The van der Waals surface area contributed by atoms with Crippen molar-refractivity contribution >= 4 is 11.3 Å². The van der Waals surface area contributed by atoms with E-state index in [4.69, 9.17) is 5.73 Å². The maximum absolute atomic E-state index is 12.5. The molecule has 2 aromatic rings. The third-order valence-electron chi connectivity index (χ3n) is 3.30. The summed E-state index contributed by atoms with van der Waals surface area (Å²) in [6.07, 6.45) is -1.31. The van der Waals surface area contributed by atoms with Crippen LogP contribution in [-0.4, -0.2) is 4.98 Å². The van der Waals surface area contributed by atoms with Gasteiger partial charge in [0.2, 0.25) is 0 Å². The lowest BCUT2D eigenvalue weighted by molar-refractivity contribution is -0.137. The topological polar surface area (TPSA) is 38.9 Å². The Balaban J connectivity index is 1.97. The van der Waals surface area contributed by atoms with Crippen molar-refractivity contribution in [2.24, 2.45) is 5.73 Å². The smallest absolute Gasteiger partial charge is 0.324 e. The summed E-state index contributed by atoms with van der Waals surface area (Å²) >= 11 is 0.672. The maximum Gasteiger partial charge on any atom is 0.443 e. The molecule has 0 saturated carbocycles. The van der Waals surface area contributed by atoms with Crippen LogP contribution in [0.1, 0.15) is 28.6 Å². The fourth-order valence-electron chi connectivity index (χ4n) is 2.34. The van der Waals surface area contributed by atoms with Crippen LogP contribution in [0.5, 0.6) is 0 Å². The molecule has 1 aromatic carbocycles. The Morgan fingerprint density at radius 2 is 2.11 bits per heavy atom. The molecule has 2 N–H and O–H groups in total. The number of aromatic nitrogens is 1. The Morgan fingerprint density at radius 1 is 1.32 bits per heavy atom. The van der Waals surface area contributed by atoms with Gasteiger partial charge in [-0.15, -0.1) is 11.3 Å². The number of rotatable bonds is 1. The average Bonchev–Trinajstić information content (AvgIpc) is 2.95. The molecule has 1 unspecified atom stereocenters. The van der Waals surface area contributed by atoms with Gasteiger partial charge in [0.25, 0.3) is 0 Å². The van der Waals surface area contributed by atoms with Crippen molar-refractivity contribution in [3.8, 4) is 10.4 Å². The molecule has 100 valence electrons. The SMILES string of the molecule is NC1CCc2cc(-c3cnc(C(F)(F)F)s3)ccc21. The van der Waals surface area contributed by atoms with E-state index >= 15 is 0 Å². The minimum atomic E-state index is -4.37. The van der Waals surface area contributed by atoms with Crippen molar-refractivity contribution in [3.05, 3.63) is 40.5 Å². The second-order valence-corrected chi connectivity index (χ2v) is 5.62. The minimum absolute atomic E-state index is 0.0521. The van der Waals surface area contributed by atoms with Crippen LogP contribution in [-0.2, 0) is 12.6 Å². The number of hydrogen-bond donors (Lipinski definition) is 1. The normalized spacial score (nSPS) is 18.6. The van der Waals surface area contributed by atoms with Crippen LogP contribution in [0.4, 0.5) is 13.2 Å². The van der Waals surface area contributed by atoms with Gasteiger partial charge in [-0.1, -0.05) is 12.1 Å². The van der Waals surface area contributed by atoms with Crippen molar-refractivity contribution in [1.29, 1.82) is 0 Å².